The Bertz CT molecular complexity index is 169. The van der Waals surface area contributed by atoms with Crippen LogP contribution in [0.2, 0.25) is 0 Å². The van der Waals surface area contributed by atoms with Crippen LogP contribution in [0.4, 0.5) is 0 Å². The van der Waals surface area contributed by atoms with Gasteiger partial charge in [-0.05, 0) is 22.6 Å². The molecule has 0 amide bonds. The lowest BCUT2D eigenvalue weighted by atomic mass is 10.8. The summed E-state index contributed by atoms with van der Waals surface area (Å²) in [4.78, 5) is 10.2. The smallest absolute Gasteiger partial charge is 0.392 e. The van der Waals surface area contributed by atoms with E-state index < -0.39 is 11.9 Å². The first-order chi connectivity index (χ1) is 3.60. The highest BCUT2D eigenvalue weighted by Gasteiger charge is 2.33. The van der Waals surface area contributed by atoms with E-state index in [0.717, 1.165) is 11.4 Å². The average Bonchev–Trinajstić information content (AvgIpc) is 1.82. The summed E-state index contributed by atoms with van der Waals surface area (Å²) < 4.78 is 14.7. The zero-order valence-corrected chi connectivity index (χ0v) is 6.13. The molecule has 1 unspecified atom stereocenters. The first kappa shape index (κ1) is 6.46. The molecule has 1 aliphatic heterocycles. The molecular weight excluding hydrogens is 171 g/mol. The largest absolute Gasteiger partial charge is 0.396 e. The molecular formula is C2H2ClO3PS. The van der Waals surface area contributed by atoms with Crippen molar-refractivity contribution in [3.8, 4) is 0 Å². The molecule has 0 spiro atoms. The third-order valence-corrected chi connectivity index (χ3v) is 4.26. The van der Waals surface area contributed by atoms with E-state index in [9.17, 15) is 9.36 Å². The molecule has 1 aliphatic rings. The van der Waals surface area contributed by atoms with Crippen LogP contribution in [0.15, 0.2) is 0 Å². The van der Waals surface area contributed by atoms with Crippen molar-refractivity contribution in [1.29, 1.82) is 0 Å². The highest BCUT2D eigenvalue weighted by atomic mass is 35.7. The summed E-state index contributed by atoms with van der Waals surface area (Å²) in [5, 5.41) is 0. The van der Waals surface area contributed by atoms with E-state index in [0.29, 0.717) is 0 Å². The second-order valence-electron chi connectivity index (χ2n) is 1.17. The molecule has 0 aromatic rings. The molecule has 0 radical (unpaired) electrons. The number of hydrogen-bond acceptors (Lipinski definition) is 4. The van der Waals surface area contributed by atoms with Crippen LogP contribution in [-0.4, -0.2) is 11.7 Å². The Kier molecular flexibility index (Phi) is 1.56. The second kappa shape index (κ2) is 1.94. The standard InChI is InChI=1S/C2H2ClO3PS/c3-7(5)6-2(4)1-8-7/h1H2. The van der Waals surface area contributed by atoms with Crippen LogP contribution in [0.5, 0.6) is 0 Å². The summed E-state index contributed by atoms with van der Waals surface area (Å²) in [5.74, 6) is -3.44. The van der Waals surface area contributed by atoms with Crippen LogP contribution in [0.3, 0.4) is 0 Å². The minimum Gasteiger partial charge on any atom is -0.392 e. The summed E-state index contributed by atoms with van der Waals surface area (Å²) in [7, 11) is 0. The number of hydrogen-bond donors (Lipinski definition) is 0. The fourth-order valence-corrected chi connectivity index (χ4v) is 2.93. The summed E-state index contributed by atoms with van der Waals surface area (Å²) in [5.41, 5.74) is 0. The lowest BCUT2D eigenvalue weighted by Gasteiger charge is -1.93. The molecule has 1 rings (SSSR count). The maximum absolute atomic E-state index is 10.5. The van der Waals surface area contributed by atoms with Gasteiger partial charge in [-0.1, -0.05) is 0 Å². The van der Waals surface area contributed by atoms with E-state index in [1.54, 1.807) is 0 Å². The van der Waals surface area contributed by atoms with Gasteiger partial charge in [-0.2, -0.15) is 0 Å². The van der Waals surface area contributed by atoms with E-state index in [1.807, 2.05) is 0 Å². The first-order valence-electron chi connectivity index (χ1n) is 1.77. The lowest BCUT2D eigenvalue weighted by Crippen LogP contribution is -1.92. The zero-order chi connectivity index (χ0) is 6.20. The van der Waals surface area contributed by atoms with Gasteiger partial charge < -0.3 is 4.52 Å². The second-order valence-corrected chi connectivity index (χ2v) is 6.91. The van der Waals surface area contributed by atoms with Gasteiger partial charge in [0.1, 0.15) is 5.75 Å². The predicted molar refractivity (Wildman–Crippen MR) is 32.0 cm³/mol. The molecule has 0 saturated carbocycles. The molecule has 8 heavy (non-hydrogen) atoms. The quantitative estimate of drug-likeness (QED) is 0.521. The molecule has 1 heterocycles. The maximum atomic E-state index is 10.5. The molecule has 0 aromatic carbocycles. The number of halogens is 1. The number of carbonyl (C=O) groups excluding carboxylic acids is 1. The number of rotatable bonds is 0. The number of carbonyl (C=O) groups is 1. The third kappa shape index (κ3) is 1.41. The Labute approximate surface area is 54.7 Å². The van der Waals surface area contributed by atoms with Gasteiger partial charge in [0, 0.05) is 0 Å². The topological polar surface area (TPSA) is 43.4 Å². The molecule has 1 saturated heterocycles. The third-order valence-electron chi connectivity index (χ3n) is 0.547. The van der Waals surface area contributed by atoms with Crippen molar-refractivity contribution < 1.29 is 13.9 Å². The van der Waals surface area contributed by atoms with E-state index in [1.165, 1.54) is 0 Å². The Hall–Kier alpha value is 0.340. The molecule has 1 fully saturated rings. The Balaban J connectivity index is 2.70. The summed E-state index contributed by atoms with van der Waals surface area (Å²) >= 11 is 5.99. The van der Waals surface area contributed by atoms with Gasteiger partial charge in [0.2, 0.25) is 0 Å². The Morgan fingerprint density at radius 3 is 2.62 bits per heavy atom. The Morgan fingerprint density at radius 2 is 2.50 bits per heavy atom. The van der Waals surface area contributed by atoms with Crippen molar-refractivity contribution >= 4 is 34.5 Å². The molecule has 6 heteroatoms. The van der Waals surface area contributed by atoms with E-state index >= 15 is 0 Å². The van der Waals surface area contributed by atoms with Crippen molar-refractivity contribution in [2.75, 3.05) is 5.75 Å². The van der Waals surface area contributed by atoms with Gasteiger partial charge in [0.05, 0.1) is 0 Å². The lowest BCUT2D eigenvalue weighted by molar-refractivity contribution is -0.130. The Morgan fingerprint density at radius 1 is 1.88 bits per heavy atom. The molecule has 0 aromatic heterocycles. The molecule has 0 N–H and O–H groups in total. The van der Waals surface area contributed by atoms with Crippen molar-refractivity contribution in [3.05, 3.63) is 0 Å². The first-order valence-corrected chi connectivity index (χ1v) is 5.89. The van der Waals surface area contributed by atoms with Crippen molar-refractivity contribution in [3.63, 3.8) is 0 Å². The van der Waals surface area contributed by atoms with Crippen LogP contribution < -0.4 is 0 Å². The molecule has 0 bridgehead atoms. The zero-order valence-electron chi connectivity index (χ0n) is 3.67. The van der Waals surface area contributed by atoms with Crippen molar-refractivity contribution in [2.24, 2.45) is 0 Å². The highest BCUT2D eigenvalue weighted by Crippen LogP contribution is 2.67. The molecule has 1 atom stereocenters. The molecule has 46 valence electrons. The van der Waals surface area contributed by atoms with Crippen LogP contribution >= 0.6 is 28.5 Å². The fourth-order valence-electron chi connectivity index (χ4n) is 0.304. The summed E-state index contributed by atoms with van der Waals surface area (Å²) in [6, 6.07) is 0. The maximum Gasteiger partial charge on any atom is 0.396 e. The fraction of sp³-hybridized carbons (Fsp3) is 0.500. The van der Waals surface area contributed by atoms with Gasteiger partial charge in [-0.15, -0.1) is 0 Å². The van der Waals surface area contributed by atoms with E-state index in [4.69, 9.17) is 11.2 Å². The molecule has 0 aliphatic carbocycles. The normalized spacial score (nSPS) is 37.4. The minimum absolute atomic E-state index is 0.112. The summed E-state index contributed by atoms with van der Waals surface area (Å²) in [6.45, 7) is 0. The average molecular weight is 173 g/mol. The SMILES string of the molecule is O=C1CSP(=O)(Cl)O1. The van der Waals surface area contributed by atoms with Gasteiger partial charge in [-0.25, -0.2) is 4.57 Å². The van der Waals surface area contributed by atoms with Crippen LogP contribution in [0.1, 0.15) is 0 Å². The van der Waals surface area contributed by atoms with Gasteiger partial charge in [0.25, 0.3) is 0 Å². The van der Waals surface area contributed by atoms with Gasteiger partial charge >= 0.3 is 11.9 Å². The van der Waals surface area contributed by atoms with Gasteiger partial charge in [0.15, 0.2) is 0 Å². The van der Waals surface area contributed by atoms with E-state index in [-0.39, 0.29) is 5.75 Å². The van der Waals surface area contributed by atoms with E-state index in [2.05, 4.69) is 4.52 Å². The monoisotopic (exact) mass is 172 g/mol. The minimum atomic E-state index is -3.06. The summed E-state index contributed by atoms with van der Waals surface area (Å²) in [6.07, 6.45) is 0. The van der Waals surface area contributed by atoms with Crippen molar-refractivity contribution in [1.82, 2.24) is 0 Å². The van der Waals surface area contributed by atoms with Crippen LogP contribution in [0.25, 0.3) is 0 Å². The van der Waals surface area contributed by atoms with Crippen molar-refractivity contribution in [2.45, 2.75) is 0 Å². The highest BCUT2D eigenvalue weighted by molar-refractivity contribution is 8.64. The van der Waals surface area contributed by atoms with Crippen LogP contribution in [-0.2, 0) is 13.9 Å². The van der Waals surface area contributed by atoms with Gasteiger partial charge in [-0.3, -0.25) is 4.79 Å². The van der Waals surface area contributed by atoms with Crippen LogP contribution in [0, 0.1) is 0 Å². The predicted octanol–water partition coefficient (Wildman–Crippen LogP) is 1.62. The molecule has 3 nitrogen and oxygen atoms in total.